The smallest absolute Gasteiger partial charge is 0.367 e. The second kappa shape index (κ2) is 6.28. The molecule has 0 spiro atoms. The Morgan fingerprint density at radius 1 is 1.62 bits per heavy atom. The zero-order valence-corrected chi connectivity index (χ0v) is 11.0. The zero-order chi connectivity index (χ0) is 15.2. The van der Waals surface area contributed by atoms with Crippen molar-refractivity contribution in [3.63, 3.8) is 0 Å². The zero-order valence-electron chi connectivity index (χ0n) is 11.0. The van der Waals surface area contributed by atoms with E-state index in [1.807, 2.05) is 0 Å². The van der Waals surface area contributed by atoms with E-state index in [0.717, 1.165) is 16.5 Å². The molecule has 2 aromatic heterocycles. The van der Waals surface area contributed by atoms with Crippen LogP contribution in [0.15, 0.2) is 35.6 Å². The van der Waals surface area contributed by atoms with Gasteiger partial charge in [0.15, 0.2) is 11.7 Å². The molecular formula is C12H13N7O2. The quantitative estimate of drug-likeness (QED) is 0.504. The summed E-state index contributed by atoms with van der Waals surface area (Å²) >= 11 is 0. The fourth-order valence-corrected chi connectivity index (χ4v) is 1.64. The molecule has 2 aromatic rings. The Labute approximate surface area is 119 Å². The number of H-pyrrole nitrogens is 1. The van der Waals surface area contributed by atoms with E-state index in [0.29, 0.717) is 5.56 Å². The summed E-state index contributed by atoms with van der Waals surface area (Å²) in [5.74, 6) is 0.344. The molecule has 9 heteroatoms. The van der Waals surface area contributed by atoms with Crippen LogP contribution in [0.4, 0.5) is 0 Å². The highest BCUT2D eigenvalue weighted by Gasteiger charge is 2.14. The van der Waals surface area contributed by atoms with Crippen molar-refractivity contribution in [2.45, 2.75) is 6.61 Å². The number of nitrogens with two attached hydrogens (primary N) is 1. The third-order valence-corrected chi connectivity index (χ3v) is 2.59. The maximum absolute atomic E-state index is 11.6. The van der Waals surface area contributed by atoms with Gasteiger partial charge in [0, 0.05) is 24.1 Å². The monoisotopic (exact) mass is 287 g/mol. The Morgan fingerprint density at radius 2 is 2.43 bits per heavy atom. The number of aromatic amines is 1. The summed E-state index contributed by atoms with van der Waals surface area (Å²) < 4.78 is 6.33. The first-order valence-electron chi connectivity index (χ1n) is 5.87. The van der Waals surface area contributed by atoms with Gasteiger partial charge in [-0.05, 0) is 22.1 Å². The number of tetrazole rings is 1. The van der Waals surface area contributed by atoms with E-state index in [-0.39, 0.29) is 18.3 Å². The minimum absolute atomic E-state index is 0.0417. The Balaban J connectivity index is 2.45. The highest BCUT2D eigenvalue weighted by Crippen LogP contribution is 2.17. The van der Waals surface area contributed by atoms with Crippen LogP contribution in [0, 0.1) is 5.41 Å². The molecule has 0 saturated carbocycles. The average molecular weight is 287 g/mol. The number of ether oxygens (including phenoxy) is 1. The molecular weight excluding hydrogens is 274 g/mol. The van der Waals surface area contributed by atoms with Gasteiger partial charge in [0.05, 0.1) is 0 Å². The Hall–Kier alpha value is -3.23. The van der Waals surface area contributed by atoms with Crippen molar-refractivity contribution in [2.24, 2.45) is 5.73 Å². The molecule has 0 aliphatic heterocycles. The van der Waals surface area contributed by atoms with E-state index in [2.05, 4.69) is 27.1 Å². The van der Waals surface area contributed by atoms with Crippen LogP contribution >= 0.6 is 0 Å². The Morgan fingerprint density at radius 3 is 3.05 bits per heavy atom. The predicted octanol–water partition coefficient (Wildman–Crippen LogP) is -0.0401. The van der Waals surface area contributed by atoms with Crippen molar-refractivity contribution in [3.05, 3.63) is 52.4 Å². The fraction of sp³-hybridized carbons (Fsp3) is 0.0833. The van der Waals surface area contributed by atoms with E-state index in [4.69, 9.17) is 15.9 Å². The highest BCUT2D eigenvalue weighted by molar-refractivity contribution is 5.68. The Kier molecular flexibility index (Phi) is 4.24. The fourth-order valence-electron chi connectivity index (χ4n) is 1.64. The van der Waals surface area contributed by atoms with Crippen LogP contribution in [0.25, 0.3) is 11.9 Å². The molecule has 0 aliphatic carbocycles. The summed E-state index contributed by atoms with van der Waals surface area (Å²) in [5, 5.41) is 16.2. The molecule has 4 N–H and O–H groups in total. The summed E-state index contributed by atoms with van der Waals surface area (Å²) in [5.41, 5.74) is 6.33. The summed E-state index contributed by atoms with van der Waals surface area (Å²) in [6, 6.07) is 1.72. The van der Waals surface area contributed by atoms with Crippen LogP contribution in [0.2, 0.25) is 0 Å². The lowest BCUT2D eigenvalue weighted by molar-refractivity contribution is 0.196. The van der Waals surface area contributed by atoms with E-state index in [1.54, 1.807) is 12.1 Å². The minimum atomic E-state index is -0.520. The van der Waals surface area contributed by atoms with Crippen molar-refractivity contribution in [3.8, 4) is 5.82 Å². The molecule has 0 aliphatic rings. The molecule has 108 valence electrons. The normalized spacial score (nSPS) is 11.1. The van der Waals surface area contributed by atoms with Gasteiger partial charge in [-0.2, -0.15) is 0 Å². The van der Waals surface area contributed by atoms with E-state index >= 15 is 0 Å². The van der Waals surface area contributed by atoms with E-state index in [1.165, 1.54) is 12.3 Å². The minimum Gasteiger partial charge on any atom is -0.474 e. The lowest BCUT2D eigenvalue weighted by Crippen LogP contribution is -2.20. The van der Waals surface area contributed by atoms with Gasteiger partial charge in [0.2, 0.25) is 0 Å². The highest BCUT2D eigenvalue weighted by atomic mass is 16.5. The number of hydrogen-bond acceptors (Lipinski definition) is 7. The number of nitrogens with one attached hydrogen (secondary N) is 2. The van der Waals surface area contributed by atoms with Gasteiger partial charge in [-0.1, -0.05) is 12.7 Å². The molecule has 2 heterocycles. The summed E-state index contributed by atoms with van der Waals surface area (Å²) in [7, 11) is 0. The lowest BCUT2D eigenvalue weighted by atomic mass is 10.1. The largest absolute Gasteiger partial charge is 0.474 e. The van der Waals surface area contributed by atoms with Crippen LogP contribution in [0.1, 0.15) is 11.1 Å². The van der Waals surface area contributed by atoms with Gasteiger partial charge in [-0.25, -0.2) is 14.9 Å². The molecule has 0 bridgehead atoms. The maximum atomic E-state index is 11.6. The second-order valence-corrected chi connectivity index (χ2v) is 3.85. The van der Waals surface area contributed by atoms with Gasteiger partial charge < -0.3 is 15.9 Å². The number of aromatic nitrogens is 5. The molecule has 0 atom stereocenters. The van der Waals surface area contributed by atoms with Crippen molar-refractivity contribution in [1.29, 1.82) is 5.41 Å². The molecule has 0 fully saturated rings. The van der Waals surface area contributed by atoms with Crippen molar-refractivity contribution in [1.82, 2.24) is 25.2 Å². The second-order valence-electron chi connectivity index (χ2n) is 3.85. The third kappa shape index (κ3) is 3.03. The third-order valence-electron chi connectivity index (χ3n) is 2.59. The number of nitrogens with zero attached hydrogens (tertiary/aromatic N) is 4. The van der Waals surface area contributed by atoms with E-state index < -0.39 is 5.69 Å². The number of hydrogen-bond donors (Lipinski definition) is 3. The maximum Gasteiger partial charge on any atom is 0.367 e. The predicted molar refractivity (Wildman–Crippen MR) is 75.7 cm³/mol. The van der Waals surface area contributed by atoms with Gasteiger partial charge >= 0.3 is 5.69 Å². The lowest BCUT2D eigenvalue weighted by Gasteiger charge is -2.11. The average Bonchev–Trinajstić information content (AvgIpc) is 2.91. The molecule has 9 nitrogen and oxygen atoms in total. The van der Waals surface area contributed by atoms with Gasteiger partial charge in [0.25, 0.3) is 0 Å². The topological polar surface area (TPSA) is 136 Å². The first-order valence-corrected chi connectivity index (χ1v) is 5.87. The SMILES string of the molecule is C=Cc1ccnc(-n2nn[nH]c2=O)c1COC(N)=CC=N. The van der Waals surface area contributed by atoms with Crippen molar-refractivity contribution < 1.29 is 4.74 Å². The molecule has 0 amide bonds. The number of allylic oxidation sites excluding steroid dienone is 1. The Bertz CT molecular complexity index is 744. The molecule has 21 heavy (non-hydrogen) atoms. The first-order chi connectivity index (χ1) is 10.2. The summed E-state index contributed by atoms with van der Waals surface area (Å²) in [6.45, 7) is 3.74. The number of rotatable bonds is 6. The van der Waals surface area contributed by atoms with Crippen LogP contribution in [0.5, 0.6) is 0 Å². The van der Waals surface area contributed by atoms with Crippen molar-refractivity contribution >= 4 is 12.3 Å². The summed E-state index contributed by atoms with van der Waals surface area (Å²) in [4.78, 5) is 15.7. The standard InChI is InChI=1S/C12H13N7O2/c1-2-8-4-6-15-11(19-12(20)16-17-18-19)9(8)7-21-10(14)3-5-13/h2-6,13H,1,7,14H2,(H,16,18,20). The molecule has 0 aromatic carbocycles. The van der Waals surface area contributed by atoms with Gasteiger partial charge in [0.1, 0.15) is 6.61 Å². The van der Waals surface area contributed by atoms with Crippen LogP contribution in [-0.4, -0.2) is 31.4 Å². The molecule has 2 rings (SSSR count). The van der Waals surface area contributed by atoms with Crippen molar-refractivity contribution in [2.75, 3.05) is 0 Å². The summed E-state index contributed by atoms with van der Waals surface area (Å²) in [6.07, 6.45) is 5.43. The van der Waals surface area contributed by atoms with Crippen LogP contribution in [-0.2, 0) is 11.3 Å². The van der Waals surface area contributed by atoms with Gasteiger partial charge in [-0.15, -0.1) is 4.68 Å². The molecule has 0 saturated heterocycles. The first kappa shape index (κ1) is 14.2. The number of pyridine rings is 1. The van der Waals surface area contributed by atoms with Crippen LogP contribution < -0.4 is 11.4 Å². The van der Waals surface area contributed by atoms with Crippen LogP contribution in [0.3, 0.4) is 0 Å². The molecule has 0 unspecified atom stereocenters. The van der Waals surface area contributed by atoms with E-state index in [9.17, 15) is 4.79 Å². The molecule has 0 radical (unpaired) electrons. The van der Waals surface area contributed by atoms with Gasteiger partial charge in [-0.3, -0.25) is 0 Å².